The minimum atomic E-state index is -0.472. The van der Waals surface area contributed by atoms with Crippen LogP contribution in [0, 0.1) is 5.92 Å². The molecule has 0 bridgehead atoms. The number of hydrogen-bond donors (Lipinski definition) is 3. The Kier molecular flexibility index (Phi) is 8.26. The van der Waals surface area contributed by atoms with Gasteiger partial charge >= 0.3 is 6.03 Å². The van der Waals surface area contributed by atoms with Gasteiger partial charge in [-0.1, -0.05) is 0 Å². The van der Waals surface area contributed by atoms with Crippen molar-refractivity contribution < 1.29 is 14.3 Å². The molecule has 1 fully saturated rings. The van der Waals surface area contributed by atoms with Gasteiger partial charge in [-0.2, -0.15) is 0 Å². The van der Waals surface area contributed by atoms with Gasteiger partial charge in [-0.05, 0) is 45.3 Å². The SMILES string of the molecule is CNC(=O)NC(=O)[C@H](C)NCC1CCN(CCOC)CC1. The van der Waals surface area contributed by atoms with Crippen LogP contribution in [0.5, 0.6) is 0 Å². The van der Waals surface area contributed by atoms with Crippen LogP contribution in [0.2, 0.25) is 0 Å². The number of ether oxygens (including phenoxy) is 1. The van der Waals surface area contributed by atoms with E-state index < -0.39 is 6.03 Å². The number of likely N-dealkylation sites (tertiary alicyclic amines) is 1. The number of nitrogens with zero attached hydrogens (tertiary/aromatic N) is 1. The van der Waals surface area contributed by atoms with E-state index in [-0.39, 0.29) is 11.9 Å². The number of urea groups is 1. The van der Waals surface area contributed by atoms with Crippen LogP contribution in [-0.4, -0.2) is 69.8 Å². The zero-order valence-electron chi connectivity index (χ0n) is 13.3. The van der Waals surface area contributed by atoms with Crippen molar-refractivity contribution in [1.29, 1.82) is 0 Å². The highest BCUT2D eigenvalue weighted by Crippen LogP contribution is 2.16. The Bertz CT molecular complexity index is 330. The number of carbonyl (C=O) groups is 2. The fraction of sp³-hybridized carbons (Fsp3) is 0.857. The van der Waals surface area contributed by atoms with Crippen LogP contribution in [0.1, 0.15) is 19.8 Å². The lowest BCUT2D eigenvalue weighted by atomic mass is 9.96. The minimum Gasteiger partial charge on any atom is -0.383 e. The molecule has 0 aromatic heterocycles. The number of amides is 3. The normalized spacial score (nSPS) is 18.2. The number of nitrogens with one attached hydrogen (secondary N) is 3. The predicted octanol–water partition coefficient (Wildman–Crippen LogP) is -0.221. The highest BCUT2D eigenvalue weighted by Gasteiger charge is 2.21. The van der Waals surface area contributed by atoms with Crippen molar-refractivity contribution in [3.05, 3.63) is 0 Å². The van der Waals surface area contributed by atoms with Crippen molar-refractivity contribution in [2.45, 2.75) is 25.8 Å². The van der Waals surface area contributed by atoms with E-state index in [2.05, 4.69) is 20.9 Å². The van der Waals surface area contributed by atoms with Crippen molar-refractivity contribution in [2.75, 3.05) is 46.9 Å². The highest BCUT2D eigenvalue weighted by atomic mass is 16.5. The molecule has 7 heteroatoms. The maximum Gasteiger partial charge on any atom is 0.321 e. The van der Waals surface area contributed by atoms with Gasteiger partial charge < -0.3 is 20.3 Å². The molecule has 0 saturated carbocycles. The Hall–Kier alpha value is -1.18. The fourth-order valence-corrected chi connectivity index (χ4v) is 2.35. The maximum absolute atomic E-state index is 11.7. The molecule has 21 heavy (non-hydrogen) atoms. The molecule has 3 amide bonds. The first-order chi connectivity index (χ1) is 10.1. The Balaban J connectivity index is 2.18. The smallest absolute Gasteiger partial charge is 0.321 e. The van der Waals surface area contributed by atoms with Crippen LogP contribution in [0.4, 0.5) is 4.79 Å². The lowest BCUT2D eigenvalue weighted by Gasteiger charge is -2.32. The van der Waals surface area contributed by atoms with Gasteiger partial charge in [-0.15, -0.1) is 0 Å². The second-order valence-electron chi connectivity index (χ2n) is 5.48. The average Bonchev–Trinajstić information content (AvgIpc) is 2.51. The van der Waals surface area contributed by atoms with Gasteiger partial charge in [0.25, 0.3) is 0 Å². The van der Waals surface area contributed by atoms with Gasteiger partial charge in [0.15, 0.2) is 0 Å². The predicted molar refractivity (Wildman–Crippen MR) is 81.1 cm³/mol. The Labute approximate surface area is 126 Å². The third kappa shape index (κ3) is 6.88. The molecule has 1 saturated heterocycles. The van der Waals surface area contributed by atoms with Crippen molar-refractivity contribution in [1.82, 2.24) is 20.9 Å². The molecular formula is C14H28N4O3. The Morgan fingerprint density at radius 3 is 2.57 bits per heavy atom. The minimum absolute atomic E-state index is 0.299. The quantitative estimate of drug-likeness (QED) is 0.605. The summed E-state index contributed by atoms with van der Waals surface area (Å²) in [4.78, 5) is 25.2. The number of imide groups is 1. The fourth-order valence-electron chi connectivity index (χ4n) is 2.35. The summed E-state index contributed by atoms with van der Waals surface area (Å²) in [5.74, 6) is 0.283. The van der Waals surface area contributed by atoms with E-state index in [1.54, 1.807) is 14.0 Å². The zero-order chi connectivity index (χ0) is 15.7. The lowest BCUT2D eigenvalue weighted by Crippen LogP contribution is -2.49. The number of rotatable bonds is 7. The maximum atomic E-state index is 11.7. The van der Waals surface area contributed by atoms with Gasteiger partial charge in [0.2, 0.25) is 5.91 Å². The van der Waals surface area contributed by atoms with Crippen LogP contribution in [0.3, 0.4) is 0 Å². The number of hydrogen-bond acceptors (Lipinski definition) is 5. The van der Waals surface area contributed by atoms with Gasteiger partial charge in [-0.3, -0.25) is 10.1 Å². The van der Waals surface area contributed by atoms with Crippen molar-refractivity contribution in [3.63, 3.8) is 0 Å². The lowest BCUT2D eigenvalue weighted by molar-refractivity contribution is -0.121. The molecule has 1 atom stereocenters. The van der Waals surface area contributed by atoms with E-state index >= 15 is 0 Å². The topological polar surface area (TPSA) is 82.7 Å². The van der Waals surface area contributed by atoms with E-state index in [0.717, 1.165) is 45.6 Å². The molecule has 1 aliphatic heterocycles. The molecule has 0 radical (unpaired) electrons. The van der Waals surface area contributed by atoms with E-state index in [0.29, 0.717) is 5.92 Å². The van der Waals surface area contributed by atoms with Crippen LogP contribution in [0.25, 0.3) is 0 Å². The average molecular weight is 300 g/mol. The van der Waals surface area contributed by atoms with E-state index in [1.165, 1.54) is 7.05 Å². The summed E-state index contributed by atoms with van der Waals surface area (Å²) in [5, 5.41) is 7.84. The number of piperidine rings is 1. The van der Waals surface area contributed by atoms with Gasteiger partial charge in [0.05, 0.1) is 12.6 Å². The highest BCUT2D eigenvalue weighted by molar-refractivity contribution is 5.96. The molecule has 1 rings (SSSR count). The molecule has 0 unspecified atom stereocenters. The second-order valence-corrected chi connectivity index (χ2v) is 5.48. The molecule has 1 heterocycles. The third-order valence-corrected chi connectivity index (χ3v) is 3.89. The van der Waals surface area contributed by atoms with E-state index in [1.807, 2.05) is 0 Å². The van der Waals surface area contributed by atoms with Gasteiger partial charge in [-0.25, -0.2) is 4.79 Å². The van der Waals surface area contributed by atoms with E-state index in [4.69, 9.17) is 4.74 Å². The van der Waals surface area contributed by atoms with Crippen molar-refractivity contribution >= 4 is 11.9 Å². The van der Waals surface area contributed by atoms with Crippen molar-refractivity contribution in [3.8, 4) is 0 Å². The zero-order valence-corrected chi connectivity index (χ0v) is 13.3. The molecule has 122 valence electrons. The third-order valence-electron chi connectivity index (χ3n) is 3.89. The monoisotopic (exact) mass is 300 g/mol. The Morgan fingerprint density at radius 1 is 1.33 bits per heavy atom. The summed E-state index contributed by atoms with van der Waals surface area (Å²) in [5.41, 5.74) is 0. The first kappa shape index (κ1) is 17.9. The summed E-state index contributed by atoms with van der Waals surface area (Å²) in [6.07, 6.45) is 2.25. The standard InChI is InChI=1S/C14H28N4O3/c1-11(13(19)17-14(20)15-2)16-10-12-4-6-18(7-5-12)8-9-21-3/h11-12,16H,4-10H2,1-3H3,(H2,15,17,19,20)/t11-/m0/s1. The van der Waals surface area contributed by atoms with Crippen LogP contribution in [-0.2, 0) is 9.53 Å². The van der Waals surface area contributed by atoms with Gasteiger partial charge in [0.1, 0.15) is 0 Å². The molecule has 0 aromatic rings. The molecular weight excluding hydrogens is 272 g/mol. The molecule has 0 aliphatic carbocycles. The summed E-state index contributed by atoms with van der Waals surface area (Å²) in [6, 6.07) is -0.839. The number of methoxy groups -OCH3 is 1. The van der Waals surface area contributed by atoms with Gasteiger partial charge in [0, 0.05) is 20.7 Å². The summed E-state index contributed by atoms with van der Waals surface area (Å²) in [6.45, 7) is 6.50. The summed E-state index contributed by atoms with van der Waals surface area (Å²) < 4.78 is 5.09. The molecule has 0 spiro atoms. The van der Waals surface area contributed by atoms with E-state index in [9.17, 15) is 9.59 Å². The second kappa shape index (κ2) is 9.70. The Morgan fingerprint density at radius 2 is 2.00 bits per heavy atom. The molecule has 3 N–H and O–H groups in total. The molecule has 0 aromatic carbocycles. The van der Waals surface area contributed by atoms with Crippen LogP contribution in [0.15, 0.2) is 0 Å². The molecule has 7 nitrogen and oxygen atoms in total. The van der Waals surface area contributed by atoms with Crippen LogP contribution >= 0.6 is 0 Å². The number of carbonyl (C=O) groups excluding carboxylic acids is 2. The first-order valence-corrected chi connectivity index (χ1v) is 7.54. The largest absolute Gasteiger partial charge is 0.383 e. The summed E-state index contributed by atoms with van der Waals surface area (Å²) in [7, 11) is 3.21. The first-order valence-electron chi connectivity index (χ1n) is 7.54. The van der Waals surface area contributed by atoms with Crippen molar-refractivity contribution in [2.24, 2.45) is 5.92 Å². The van der Waals surface area contributed by atoms with Crippen LogP contribution < -0.4 is 16.0 Å². The molecule has 1 aliphatic rings. The summed E-state index contributed by atoms with van der Waals surface area (Å²) >= 11 is 0.